The SMILES string of the molecule is COc1ccc([C@@H]2Sc3cc(OS(=O)(=O)C(F)(F)F)ccc3N(CCN(C)C)C(=O)[C@@H]2O)cc1. The second kappa shape index (κ2) is 10.0. The first kappa shape index (κ1) is 26.1. The van der Waals surface area contributed by atoms with Gasteiger partial charge in [-0.15, -0.1) is 11.8 Å². The number of fused-ring (bicyclic) bond motifs is 1. The van der Waals surface area contributed by atoms with E-state index in [4.69, 9.17) is 4.74 Å². The molecule has 2 atom stereocenters. The highest BCUT2D eigenvalue weighted by Gasteiger charge is 2.48. The van der Waals surface area contributed by atoms with E-state index in [-0.39, 0.29) is 11.4 Å². The fraction of sp³-hybridized carbons (Fsp3) is 0.381. The molecule has 0 fully saturated rings. The van der Waals surface area contributed by atoms with Crippen LogP contribution in [0.25, 0.3) is 0 Å². The Morgan fingerprint density at radius 2 is 1.74 bits per heavy atom. The number of hydrogen-bond acceptors (Lipinski definition) is 8. The molecule has 1 heterocycles. The summed E-state index contributed by atoms with van der Waals surface area (Å²) in [5.41, 5.74) is -4.70. The first-order valence-electron chi connectivity index (χ1n) is 9.93. The van der Waals surface area contributed by atoms with Crippen molar-refractivity contribution in [1.82, 2.24) is 4.90 Å². The van der Waals surface area contributed by atoms with Crippen molar-refractivity contribution in [2.75, 3.05) is 39.2 Å². The van der Waals surface area contributed by atoms with Crippen molar-refractivity contribution in [3.8, 4) is 11.5 Å². The van der Waals surface area contributed by atoms with Gasteiger partial charge in [-0.05, 0) is 50.0 Å². The molecular weight excluding hydrogens is 497 g/mol. The van der Waals surface area contributed by atoms with Crippen molar-refractivity contribution in [1.29, 1.82) is 0 Å². The quantitative estimate of drug-likeness (QED) is 0.440. The Labute approximate surface area is 199 Å². The number of aliphatic hydroxyl groups excluding tert-OH is 1. The van der Waals surface area contributed by atoms with Crippen molar-refractivity contribution in [2.45, 2.75) is 21.8 Å². The number of halogens is 3. The number of rotatable bonds is 7. The predicted octanol–water partition coefficient (Wildman–Crippen LogP) is 3.03. The van der Waals surface area contributed by atoms with Crippen LogP contribution in [-0.2, 0) is 14.9 Å². The molecule has 0 saturated carbocycles. The lowest BCUT2D eigenvalue weighted by atomic mass is 10.1. The number of carbonyl (C=O) groups excluding carboxylic acids is 1. The molecule has 1 N–H and O–H groups in total. The molecule has 0 spiro atoms. The van der Waals surface area contributed by atoms with Crippen molar-refractivity contribution in [2.24, 2.45) is 0 Å². The second-order valence-electron chi connectivity index (χ2n) is 7.66. The van der Waals surface area contributed by atoms with Gasteiger partial charge >= 0.3 is 15.6 Å². The number of likely N-dealkylation sites (N-methyl/N-ethyl adjacent to an activating group) is 1. The number of carbonyl (C=O) groups is 1. The molecule has 1 aliphatic rings. The lowest BCUT2D eigenvalue weighted by Gasteiger charge is -2.26. The molecule has 3 rings (SSSR count). The standard InChI is InChI=1S/C21H23F3N2O6S2/c1-25(2)10-11-26-16-9-8-15(32-34(29,30)21(22,23)24)12-17(16)33-19(18(27)20(26)28)13-4-6-14(31-3)7-5-13/h4-9,12,18-19,27H,10-11H2,1-3H3/t18-,19+/m1/s1. The van der Waals surface area contributed by atoms with E-state index >= 15 is 0 Å². The van der Waals surface area contributed by atoms with Crippen LogP contribution in [-0.4, -0.2) is 70.2 Å². The Morgan fingerprint density at radius 1 is 1.12 bits per heavy atom. The second-order valence-corrected chi connectivity index (χ2v) is 10.4. The minimum absolute atomic E-state index is 0.187. The van der Waals surface area contributed by atoms with Crippen LogP contribution in [0.4, 0.5) is 18.9 Å². The summed E-state index contributed by atoms with van der Waals surface area (Å²) >= 11 is 1.02. The number of benzene rings is 2. The molecule has 34 heavy (non-hydrogen) atoms. The average molecular weight is 521 g/mol. The first-order valence-corrected chi connectivity index (χ1v) is 12.2. The van der Waals surface area contributed by atoms with Gasteiger partial charge in [0.15, 0.2) is 0 Å². The Hall–Kier alpha value is -2.48. The Balaban J connectivity index is 2.06. The number of thioether (sulfide) groups is 1. The van der Waals surface area contributed by atoms with Crippen LogP contribution in [0.15, 0.2) is 47.4 Å². The van der Waals surface area contributed by atoms with Gasteiger partial charge < -0.3 is 23.8 Å². The molecule has 13 heteroatoms. The van der Waals surface area contributed by atoms with E-state index < -0.39 is 38.6 Å². The molecule has 1 amide bonds. The third-order valence-corrected chi connectivity index (χ3v) is 7.33. The highest BCUT2D eigenvalue weighted by Crippen LogP contribution is 2.47. The van der Waals surface area contributed by atoms with Crippen LogP contribution in [0.3, 0.4) is 0 Å². The number of anilines is 1. The fourth-order valence-electron chi connectivity index (χ4n) is 3.22. The lowest BCUT2D eigenvalue weighted by Crippen LogP contribution is -2.43. The monoisotopic (exact) mass is 520 g/mol. The van der Waals surface area contributed by atoms with Crippen LogP contribution in [0.2, 0.25) is 0 Å². The summed E-state index contributed by atoms with van der Waals surface area (Å²) in [6.45, 7) is 0.628. The van der Waals surface area contributed by atoms with Gasteiger partial charge in [0, 0.05) is 18.0 Å². The maximum atomic E-state index is 13.2. The van der Waals surface area contributed by atoms with Gasteiger partial charge in [-0.2, -0.15) is 21.6 Å². The summed E-state index contributed by atoms with van der Waals surface area (Å²) in [5, 5.41) is 10.1. The topological polar surface area (TPSA) is 96.4 Å². The number of amides is 1. The number of methoxy groups -OCH3 is 1. The van der Waals surface area contributed by atoms with E-state index in [2.05, 4.69) is 4.18 Å². The van der Waals surface area contributed by atoms with E-state index in [9.17, 15) is 31.5 Å². The number of ether oxygens (including phenoxy) is 1. The van der Waals surface area contributed by atoms with Gasteiger partial charge in [0.25, 0.3) is 5.91 Å². The van der Waals surface area contributed by atoms with Crippen molar-refractivity contribution >= 4 is 33.5 Å². The first-order chi connectivity index (χ1) is 15.8. The highest BCUT2D eigenvalue weighted by molar-refractivity contribution is 7.99. The van der Waals surface area contributed by atoms with E-state index in [1.54, 1.807) is 38.4 Å². The molecular formula is C21H23F3N2O6S2. The lowest BCUT2D eigenvalue weighted by molar-refractivity contribution is -0.126. The molecule has 0 aliphatic carbocycles. The molecule has 0 aromatic heterocycles. The van der Waals surface area contributed by atoms with E-state index in [0.29, 0.717) is 23.5 Å². The van der Waals surface area contributed by atoms with E-state index in [1.807, 2.05) is 4.90 Å². The normalized spacial score (nSPS) is 19.1. The van der Waals surface area contributed by atoms with Crippen molar-refractivity contribution in [3.05, 3.63) is 48.0 Å². The minimum Gasteiger partial charge on any atom is -0.497 e. The van der Waals surface area contributed by atoms with Gasteiger partial charge in [0.05, 0.1) is 18.0 Å². The summed E-state index contributed by atoms with van der Waals surface area (Å²) in [6, 6.07) is 10.1. The molecule has 2 aromatic rings. The number of alkyl halides is 3. The summed E-state index contributed by atoms with van der Waals surface area (Å²) < 4.78 is 70.7. The van der Waals surface area contributed by atoms with Crippen molar-refractivity contribution < 1.29 is 40.4 Å². The van der Waals surface area contributed by atoms with Gasteiger partial charge in [-0.3, -0.25) is 4.79 Å². The number of aliphatic hydroxyl groups is 1. The Morgan fingerprint density at radius 3 is 2.29 bits per heavy atom. The van der Waals surface area contributed by atoms with E-state index in [0.717, 1.165) is 23.9 Å². The molecule has 8 nitrogen and oxygen atoms in total. The van der Waals surface area contributed by atoms with Gasteiger partial charge in [-0.25, -0.2) is 0 Å². The van der Waals surface area contributed by atoms with Gasteiger partial charge in [0.1, 0.15) is 17.6 Å². The molecule has 186 valence electrons. The third kappa shape index (κ3) is 5.59. The zero-order valence-corrected chi connectivity index (χ0v) is 20.1. The van der Waals surface area contributed by atoms with Crippen molar-refractivity contribution in [3.63, 3.8) is 0 Å². The Kier molecular flexibility index (Phi) is 7.70. The maximum absolute atomic E-state index is 13.2. The minimum atomic E-state index is -5.88. The van der Waals surface area contributed by atoms with Crippen LogP contribution < -0.4 is 13.8 Å². The predicted molar refractivity (Wildman–Crippen MR) is 121 cm³/mol. The summed E-state index contributed by atoms with van der Waals surface area (Å²) in [4.78, 5) is 16.7. The molecule has 1 aliphatic heterocycles. The average Bonchev–Trinajstić information content (AvgIpc) is 2.86. The van der Waals surface area contributed by atoms with E-state index in [1.165, 1.54) is 18.1 Å². The largest absolute Gasteiger partial charge is 0.534 e. The van der Waals surface area contributed by atoms with Crippen LogP contribution in [0.1, 0.15) is 10.8 Å². The summed E-state index contributed by atoms with van der Waals surface area (Å²) in [5.74, 6) is -0.594. The number of hydrogen-bond donors (Lipinski definition) is 1. The summed E-state index contributed by atoms with van der Waals surface area (Å²) in [7, 11) is -0.789. The van der Waals surface area contributed by atoms with Gasteiger partial charge in [0.2, 0.25) is 0 Å². The Bertz CT molecular complexity index is 1140. The third-order valence-electron chi connectivity index (χ3n) is 4.99. The zero-order valence-electron chi connectivity index (χ0n) is 18.4. The molecule has 0 bridgehead atoms. The van der Waals surface area contributed by atoms with Gasteiger partial charge in [-0.1, -0.05) is 12.1 Å². The molecule has 2 aromatic carbocycles. The smallest absolute Gasteiger partial charge is 0.497 e. The van der Waals surface area contributed by atoms with Crippen LogP contribution in [0, 0.1) is 0 Å². The van der Waals surface area contributed by atoms with Crippen LogP contribution >= 0.6 is 11.8 Å². The fourth-order valence-corrected chi connectivity index (χ4v) is 4.97. The van der Waals surface area contributed by atoms with Crippen LogP contribution in [0.5, 0.6) is 11.5 Å². The molecule has 0 saturated heterocycles. The highest BCUT2D eigenvalue weighted by atomic mass is 32.2. The molecule has 0 radical (unpaired) electrons. The number of nitrogens with zero attached hydrogens (tertiary/aromatic N) is 2. The zero-order chi connectivity index (χ0) is 25.3. The summed E-state index contributed by atoms with van der Waals surface area (Å²) in [6.07, 6.45) is -1.48. The maximum Gasteiger partial charge on any atom is 0.534 e. The molecule has 0 unspecified atom stereocenters.